The van der Waals surface area contributed by atoms with Gasteiger partial charge in [0.2, 0.25) is 0 Å². The third kappa shape index (κ3) is 3.36. The van der Waals surface area contributed by atoms with Crippen molar-refractivity contribution >= 4 is 33.0 Å². The van der Waals surface area contributed by atoms with E-state index in [9.17, 15) is 13.5 Å². The first-order valence-corrected chi connectivity index (χ1v) is 7.83. The molecule has 0 aliphatic heterocycles. The van der Waals surface area contributed by atoms with Crippen LogP contribution < -0.4 is 5.73 Å². The summed E-state index contributed by atoms with van der Waals surface area (Å²) in [4.78, 5) is 0. The highest BCUT2D eigenvalue weighted by atomic mass is 35.5. The Morgan fingerprint density at radius 2 is 2.00 bits per heavy atom. The number of nitrogens with two attached hydrogens (primary N) is 1. The van der Waals surface area contributed by atoms with E-state index in [-0.39, 0.29) is 5.75 Å². The van der Waals surface area contributed by atoms with E-state index in [4.69, 9.17) is 28.9 Å². The lowest BCUT2D eigenvalue weighted by Gasteiger charge is -2.22. The van der Waals surface area contributed by atoms with E-state index < -0.39 is 27.7 Å². The Labute approximate surface area is 117 Å². The summed E-state index contributed by atoms with van der Waals surface area (Å²) in [6.45, 7) is 0.963. The molecule has 0 amide bonds. The molecule has 4 nitrogen and oxygen atoms in total. The van der Waals surface area contributed by atoms with Crippen LogP contribution in [0.25, 0.3) is 0 Å². The molecule has 0 radical (unpaired) electrons. The second kappa shape index (κ2) is 6.21. The van der Waals surface area contributed by atoms with Crippen molar-refractivity contribution in [2.75, 3.05) is 12.4 Å². The molecule has 0 spiro atoms. The summed E-state index contributed by atoms with van der Waals surface area (Å²) < 4.78 is 23.6. The monoisotopic (exact) mass is 311 g/mol. The van der Waals surface area contributed by atoms with Gasteiger partial charge in [-0.1, -0.05) is 36.2 Å². The van der Waals surface area contributed by atoms with Gasteiger partial charge in [-0.2, -0.15) is 0 Å². The summed E-state index contributed by atoms with van der Waals surface area (Å²) in [5.41, 5.74) is 6.35. The largest absolute Gasteiger partial charge is 0.395 e. The molecule has 0 heterocycles. The Balaban J connectivity index is 3.15. The summed E-state index contributed by atoms with van der Waals surface area (Å²) in [5, 5.41) is 8.90. The van der Waals surface area contributed by atoms with Gasteiger partial charge >= 0.3 is 0 Å². The van der Waals surface area contributed by atoms with Crippen molar-refractivity contribution in [2.45, 2.75) is 18.2 Å². The van der Waals surface area contributed by atoms with Crippen LogP contribution >= 0.6 is 23.2 Å². The molecule has 0 aliphatic rings. The predicted octanol–water partition coefficient (Wildman–Crippen LogP) is 1.79. The van der Waals surface area contributed by atoms with E-state index >= 15 is 0 Å². The normalized spacial score (nSPS) is 15.4. The van der Waals surface area contributed by atoms with Crippen LogP contribution in [0.4, 0.5) is 0 Å². The zero-order chi connectivity index (χ0) is 13.9. The van der Waals surface area contributed by atoms with E-state index in [2.05, 4.69) is 0 Å². The molecular weight excluding hydrogens is 297 g/mol. The van der Waals surface area contributed by atoms with Crippen LogP contribution in [0.3, 0.4) is 0 Å². The lowest BCUT2D eigenvalue weighted by Crippen LogP contribution is -2.37. The summed E-state index contributed by atoms with van der Waals surface area (Å²) in [7, 11) is -3.45. The van der Waals surface area contributed by atoms with Gasteiger partial charge in [0, 0.05) is 15.8 Å². The fourth-order valence-corrected chi connectivity index (χ4v) is 3.42. The number of sulfone groups is 1. The van der Waals surface area contributed by atoms with E-state index in [0.29, 0.717) is 15.6 Å². The van der Waals surface area contributed by atoms with Gasteiger partial charge in [0.1, 0.15) is 5.25 Å². The quantitative estimate of drug-likeness (QED) is 0.868. The summed E-state index contributed by atoms with van der Waals surface area (Å²) in [6, 6.07) is 3.76. The lowest BCUT2D eigenvalue weighted by atomic mass is 10.0. The van der Waals surface area contributed by atoms with Crippen molar-refractivity contribution in [3.63, 3.8) is 0 Å². The minimum Gasteiger partial charge on any atom is -0.395 e. The minimum atomic E-state index is -3.45. The van der Waals surface area contributed by atoms with Crippen molar-refractivity contribution in [1.82, 2.24) is 0 Å². The number of halogens is 2. The Kier molecular flexibility index (Phi) is 5.43. The Bertz CT molecular complexity index is 519. The van der Waals surface area contributed by atoms with Gasteiger partial charge < -0.3 is 10.8 Å². The van der Waals surface area contributed by atoms with Crippen LogP contribution in [-0.4, -0.2) is 31.1 Å². The maximum absolute atomic E-state index is 11.8. The zero-order valence-electron chi connectivity index (χ0n) is 9.81. The van der Waals surface area contributed by atoms with Crippen LogP contribution in [-0.2, 0) is 9.84 Å². The van der Waals surface area contributed by atoms with Crippen LogP contribution in [0, 0.1) is 0 Å². The molecule has 1 rings (SSSR count). The number of aliphatic hydroxyl groups is 1. The number of aliphatic hydroxyl groups excluding tert-OH is 1. The minimum absolute atomic E-state index is 0.0862. The summed E-state index contributed by atoms with van der Waals surface area (Å²) in [5.74, 6) is -0.0862. The average Bonchev–Trinajstić information content (AvgIpc) is 2.29. The molecule has 0 fully saturated rings. The van der Waals surface area contributed by atoms with Crippen molar-refractivity contribution in [3.05, 3.63) is 33.8 Å². The number of benzene rings is 1. The summed E-state index contributed by atoms with van der Waals surface area (Å²) in [6.07, 6.45) is 0. The van der Waals surface area contributed by atoms with Gasteiger partial charge in [-0.05, 0) is 17.7 Å². The average molecular weight is 312 g/mol. The molecule has 2 atom stereocenters. The molecule has 0 bridgehead atoms. The lowest BCUT2D eigenvalue weighted by molar-refractivity contribution is 0.277. The van der Waals surface area contributed by atoms with Crippen molar-refractivity contribution in [1.29, 1.82) is 0 Å². The van der Waals surface area contributed by atoms with Crippen LogP contribution in [0.15, 0.2) is 18.2 Å². The van der Waals surface area contributed by atoms with E-state index in [1.807, 2.05) is 0 Å². The van der Waals surface area contributed by atoms with Crippen molar-refractivity contribution in [2.24, 2.45) is 5.73 Å². The van der Waals surface area contributed by atoms with E-state index in [1.54, 1.807) is 12.1 Å². The third-order valence-electron chi connectivity index (χ3n) is 2.77. The highest BCUT2D eigenvalue weighted by Gasteiger charge is 2.31. The standard InChI is InChI=1S/C11H15Cl2NO3S/c1-2-18(16,17)10(6-15)11(14)8-4-3-7(12)5-9(8)13/h3-5,10-11,15H,2,6,14H2,1H3/t10-,11+/m1/s1. The molecule has 0 saturated heterocycles. The molecule has 7 heteroatoms. The van der Waals surface area contributed by atoms with Gasteiger partial charge in [0.25, 0.3) is 0 Å². The topological polar surface area (TPSA) is 80.4 Å². The zero-order valence-corrected chi connectivity index (χ0v) is 12.1. The number of rotatable bonds is 5. The Morgan fingerprint density at radius 3 is 2.44 bits per heavy atom. The van der Waals surface area contributed by atoms with Gasteiger partial charge in [-0.25, -0.2) is 8.42 Å². The molecule has 0 aliphatic carbocycles. The van der Waals surface area contributed by atoms with Crippen molar-refractivity contribution in [3.8, 4) is 0 Å². The van der Waals surface area contributed by atoms with Crippen LogP contribution in [0.2, 0.25) is 10.0 Å². The smallest absolute Gasteiger partial charge is 0.157 e. The maximum atomic E-state index is 11.8. The van der Waals surface area contributed by atoms with Crippen LogP contribution in [0.5, 0.6) is 0 Å². The predicted molar refractivity (Wildman–Crippen MR) is 73.7 cm³/mol. The van der Waals surface area contributed by atoms with Gasteiger partial charge in [0.05, 0.1) is 12.6 Å². The Morgan fingerprint density at radius 1 is 1.39 bits per heavy atom. The molecule has 0 saturated carbocycles. The number of hydrogen-bond acceptors (Lipinski definition) is 4. The molecule has 1 aromatic rings. The maximum Gasteiger partial charge on any atom is 0.157 e. The highest BCUT2D eigenvalue weighted by molar-refractivity contribution is 7.92. The summed E-state index contributed by atoms with van der Waals surface area (Å²) >= 11 is 11.7. The highest BCUT2D eigenvalue weighted by Crippen LogP contribution is 2.29. The Hall–Kier alpha value is -0.330. The first-order chi connectivity index (χ1) is 8.33. The second-order valence-corrected chi connectivity index (χ2v) is 7.22. The number of hydrogen-bond donors (Lipinski definition) is 2. The van der Waals surface area contributed by atoms with Gasteiger partial charge in [-0.15, -0.1) is 0 Å². The molecule has 1 aromatic carbocycles. The fraction of sp³-hybridized carbons (Fsp3) is 0.455. The van der Waals surface area contributed by atoms with Gasteiger partial charge in [0.15, 0.2) is 9.84 Å². The van der Waals surface area contributed by atoms with Crippen molar-refractivity contribution < 1.29 is 13.5 Å². The second-order valence-electron chi connectivity index (χ2n) is 3.86. The molecule has 0 unspecified atom stereocenters. The molecule has 18 heavy (non-hydrogen) atoms. The molecular formula is C11H15Cl2NO3S. The third-order valence-corrected chi connectivity index (χ3v) is 5.50. The van der Waals surface area contributed by atoms with Crippen LogP contribution in [0.1, 0.15) is 18.5 Å². The molecule has 3 N–H and O–H groups in total. The molecule has 0 aromatic heterocycles. The van der Waals surface area contributed by atoms with Gasteiger partial charge in [-0.3, -0.25) is 0 Å². The van der Waals surface area contributed by atoms with E-state index in [1.165, 1.54) is 13.0 Å². The molecule has 102 valence electrons. The SMILES string of the molecule is CCS(=O)(=O)[C@H](CO)[C@@H](N)c1ccc(Cl)cc1Cl. The fourth-order valence-electron chi connectivity index (χ4n) is 1.64. The van der Waals surface area contributed by atoms with E-state index in [0.717, 1.165) is 0 Å². The first-order valence-electron chi connectivity index (χ1n) is 5.36. The first kappa shape index (κ1) is 15.7.